The predicted molar refractivity (Wildman–Crippen MR) is 188 cm³/mol. The molecule has 0 saturated heterocycles. The number of phosphoric ester groups is 1. The van der Waals surface area contributed by atoms with Crippen LogP contribution in [0.2, 0.25) is 0 Å². The molecule has 0 amide bonds. The molecule has 0 aliphatic heterocycles. The second kappa shape index (κ2) is 33.6. The Morgan fingerprint density at radius 2 is 1.09 bits per heavy atom. The van der Waals surface area contributed by atoms with Crippen LogP contribution >= 0.6 is 7.82 Å². The summed E-state index contributed by atoms with van der Waals surface area (Å²) in [6.07, 6.45) is 32.3. The van der Waals surface area contributed by atoms with Gasteiger partial charge < -0.3 is 20.1 Å². The van der Waals surface area contributed by atoms with Crippen LogP contribution in [-0.4, -0.2) is 49.3 Å². The van der Waals surface area contributed by atoms with E-state index in [-0.39, 0.29) is 32.6 Å². The molecule has 0 aromatic rings. The van der Waals surface area contributed by atoms with Crippen LogP contribution in [0.3, 0.4) is 0 Å². The lowest BCUT2D eigenvalue weighted by molar-refractivity contribution is -0.161. The van der Waals surface area contributed by atoms with E-state index in [4.69, 9.17) is 24.3 Å². The van der Waals surface area contributed by atoms with Gasteiger partial charge in [0.15, 0.2) is 6.10 Å². The number of allylic oxidation sites excluding steroid dienone is 2. The number of ether oxygens (including phenoxy) is 2. The fourth-order valence-electron chi connectivity index (χ4n) is 5.08. The van der Waals surface area contributed by atoms with Crippen LogP contribution in [0.4, 0.5) is 0 Å². The molecule has 0 fully saturated rings. The van der Waals surface area contributed by atoms with Crippen molar-refractivity contribution in [3.8, 4) is 0 Å². The molecule has 46 heavy (non-hydrogen) atoms. The van der Waals surface area contributed by atoms with Gasteiger partial charge in [0.25, 0.3) is 0 Å². The minimum absolute atomic E-state index is 0.0547. The van der Waals surface area contributed by atoms with Crippen molar-refractivity contribution in [2.75, 3.05) is 26.4 Å². The molecule has 2 atom stereocenters. The number of carbonyl (C=O) groups excluding carboxylic acids is 2. The highest BCUT2D eigenvalue weighted by Gasteiger charge is 2.25. The average Bonchev–Trinajstić information content (AvgIpc) is 3.04. The van der Waals surface area contributed by atoms with E-state index in [0.717, 1.165) is 25.7 Å². The summed E-state index contributed by atoms with van der Waals surface area (Å²) in [5, 5.41) is 0. The zero-order chi connectivity index (χ0) is 34.0. The zero-order valence-electron chi connectivity index (χ0n) is 29.6. The summed E-state index contributed by atoms with van der Waals surface area (Å²) in [5.41, 5.74) is 5.29. The third kappa shape index (κ3) is 32.7. The molecule has 0 heterocycles. The van der Waals surface area contributed by atoms with Crippen LogP contribution in [0, 0.1) is 0 Å². The minimum Gasteiger partial charge on any atom is -0.462 e. The largest absolute Gasteiger partial charge is 0.472 e. The molecule has 10 heteroatoms. The molecule has 0 aromatic carbocycles. The van der Waals surface area contributed by atoms with Gasteiger partial charge in [-0.1, -0.05) is 135 Å². The molecule has 9 nitrogen and oxygen atoms in total. The van der Waals surface area contributed by atoms with E-state index in [1.165, 1.54) is 109 Å². The number of nitrogens with two attached hydrogens (primary N) is 1. The van der Waals surface area contributed by atoms with E-state index >= 15 is 0 Å². The third-order valence-electron chi connectivity index (χ3n) is 7.90. The Kier molecular flexibility index (Phi) is 32.7. The summed E-state index contributed by atoms with van der Waals surface area (Å²) in [4.78, 5) is 34.0. The summed E-state index contributed by atoms with van der Waals surface area (Å²) in [7, 11) is -4.35. The highest BCUT2D eigenvalue weighted by Crippen LogP contribution is 2.43. The Hall–Kier alpha value is -1.25. The summed E-state index contributed by atoms with van der Waals surface area (Å²) < 4.78 is 32.1. The first-order chi connectivity index (χ1) is 22.3. The Morgan fingerprint density at radius 3 is 1.59 bits per heavy atom. The maximum atomic E-state index is 12.4. The van der Waals surface area contributed by atoms with Crippen molar-refractivity contribution in [1.29, 1.82) is 0 Å². The van der Waals surface area contributed by atoms with Crippen LogP contribution < -0.4 is 5.73 Å². The standard InChI is InChI=1S/C36H70NO8P/c1-3-5-7-8-9-10-11-12-13-14-15-16-17-18-19-20-21-22-23-24-25-26-27-29-36(39)45-34(32-42-35(38)28-6-4-2)33-44-46(40,41)43-31-30-37/h14-15,34H,3-13,16-33,37H2,1-2H3,(H,40,41)/b15-14-. The smallest absolute Gasteiger partial charge is 0.462 e. The molecule has 3 N–H and O–H groups in total. The number of unbranched alkanes of at least 4 members (excludes halogenated alkanes) is 20. The van der Waals surface area contributed by atoms with Crippen molar-refractivity contribution in [3.63, 3.8) is 0 Å². The first kappa shape index (κ1) is 44.8. The highest BCUT2D eigenvalue weighted by atomic mass is 31.2. The van der Waals surface area contributed by atoms with Crippen LogP contribution in [0.5, 0.6) is 0 Å². The minimum atomic E-state index is -4.35. The Labute approximate surface area is 281 Å². The van der Waals surface area contributed by atoms with Gasteiger partial charge in [0.1, 0.15) is 6.61 Å². The number of rotatable bonds is 35. The monoisotopic (exact) mass is 675 g/mol. The Balaban J connectivity index is 3.82. The lowest BCUT2D eigenvalue weighted by Gasteiger charge is -2.19. The molecular weight excluding hydrogens is 605 g/mol. The normalized spacial score (nSPS) is 13.6. The molecule has 0 saturated carbocycles. The highest BCUT2D eigenvalue weighted by molar-refractivity contribution is 7.47. The fourth-order valence-corrected chi connectivity index (χ4v) is 5.84. The Bertz CT molecular complexity index is 779. The Morgan fingerprint density at radius 1 is 0.630 bits per heavy atom. The zero-order valence-corrected chi connectivity index (χ0v) is 30.5. The lowest BCUT2D eigenvalue weighted by Crippen LogP contribution is -2.29. The van der Waals surface area contributed by atoms with E-state index < -0.39 is 32.5 Å². The topological polar surface area (TPSA) is 134 Å². The van der Waals surface area contributed by atoms with Crippen molar-refractivity contribution >= 4 is 19.8 Å². The van der Waals surface area contributed by atoms with Gasteiger partial charge in [-0.15, -0.1) is 0 Å². The number of esters is 2. The molecule has 0 rings (SSSR count). The maximum Gasteiger partial charge on any atom is 0.472 e. The van der Waals surface area contributed by atoms with Crippen LogP contribution in [-0.2, 0) is 32.7 Å². The molecule has 0 bridgehead atoms. The van der Waals surface area contributed by atoms with Crippen molar-refractivity contribution in [3.05, 3.63) is 12.2 Å². The first-order valence-corrected chi connectivity index (χ1v) is 20.2. The third-order valence-corrected chi connectivity index (χ3v) is 8.89. The average molecular weight is 676 g/mol. The van der Waals surface area contributed by atoms with E-state index in [1.54, 1.807) is 0 Å². The number of carbonyl (C=O) groups is 2. The summed E-state index contributed by atoms with van der Waals surface area (Å²) in [6, 6.07) is 0. The van der Waals surface area contributed by atoms with Crippen molar-refractivity contribution < 1.29 is 37.6 Å². The first-order valence-electron chi connectivity index (χ1n) is 18.7. The van der Waals surface area contributed by atoms with Gasteiger partial charge >= 0.3 is 19.8 Å². The second-order valence-electron chi connectivity index (χ2n) is 12.4. The van der Waals surface area contributed by atoms with Crippen LogP contribution in [0.25, 0.3) is 0 Å². The number of hydrogen-bond donors (Lipinski definition) is 2. The van der Waals surface area contributed by atoms with E-state index in [2.05, 4.69) is 19.1 Å². The maximum absolute atomic E-state index is 12.4. The van der Waals surface area contributed by atoms with Gasteiger partial charge in [0, 0.05) is 19.4 Å². The van der Waals surface area contributed by atoms with Crippen LogP contribution in [0.15, 0.2) is 12.2 Å². The fraction of sp³-hybridized carbons (Fsp3) is 0.889. The molecule has 0 radical (unpaired) electrons. The van der Waals surface area contributed by atoms with Crippen molar-refractivity contribution in [2.45, 2.75) is 180 Å². The van der Waals surface area contributed by atoms with E-state index in [9.17, 15) is 19.0 Å². The van der Waals surface area contributed by atoms with Crippen molar-refractivity contribution in [2.24, 2.45) is 5.73 Å². The molecule has 0 aromatic heterocycles. The van der Waals surface area contributed by atoms with Gasteiger partial charge in [0.05, 0.1) is 13.2 Å². The molecule has 2 unspecified atom stereocenters. The SMILES string of the molecule is CCCCCCCCCC/C=C\CCCCCCCCCCCCCC(=O)OC(COC(=O)CCCC)COP(=O)(O)OCCN. The van der Waals surface area contributed by atoms with Gasteiger partial charge in [-0.05, 0) is 38.5 Å². The summed E-state index contributed by atoms with van der Waals surface area (Å²) >= 11 is 0. The number of phosphoric acid groups is 1. The van der Waals surface area contributed by atoms with Gasteiger partial charge in [-0.3, -0.25) is 18.6 Å². The summed E-state index contributed by atoms with van der Waals surface area (Å²) in [5.74, 6) is -0.866. The van der Waals surface area contributed by atoms with Gasteiger partial charge in [-0.2, -0.15) is 0 Å². The van der Waals surface area contributed by atoms with E-state index in [1.807, 2.05) is 6.92 Å². The molecule has 0 aliphatic carbocycles. The van der Waals surface area contributed by atoms with E-state index in [0.29, 0.717) is 12.8 Å². The van der Waals surface area contributed by atoms with Crippen LogP contribution in [0.1, 0.15) is 174 Å². The quantitative estimate of drug-likeness (QED) is 0.0291. The molecule has 0 aliphatic rings. The summed E-state index contributed by atoms with van der Waals surface area (Å²) in [6.45, 7) is 3.46. The lowest BCUT2D eigenvalue weighted by atomic mass is 10.0. The number of hydrogen-bond acceptors (Lipinski definition) is 8. The second-order valence-corrected chi connectivity index (χ2v) is 13.9. The van der Waals surface area contributed by atoms with Gasteiger partial charge in [-0.25, -0.2) is 4.57 Å². The molecule has 272 valence electrons. The van der Waals surface area contributed by atoms with Crippen molar-refractivity contribution in [1.82, 2.24) is 0 Å². The molecule has 0 spiro atoms. The van der Waals surface area contributed by atoms with Gasteiger partial charge in [0.2, 0.25) is 0 Å². The molecular formula is C36H70NO8P. The predicted octanol–water partition coefficient (Wildman–Crippen LogP) is 9.88.